The maximum atomic E-state index is 13.0. The fraction of sp³-hybridized carbons (Fsp3) is 0.182. The van der Waals surface area contributed by atoms with Crippen molar-refractivity contribution in [1.82, 2.24) is 15.1 Å². The van der Waals surface area contributed by atoms with E-state index in [9.17, 15) is 19.7 Å². The average molecular weight is 432 g/mol. The second kappa shape index (κ2) is 8.42. The van der Waals surface area contributed by atoms with Crippen LogP contribution in [0.4, 0.5) is 5.69 Å². The van der Waals surface area contributed by atoms with Gasteiger partial charge in [0.2, 0.25) is 0 Å². The first-order chi connectivity index (χ1) is 15.3. The van der Waals surface area contributed by atoms with E-state index in [-0.39, 0.29) is 17.3 Å². The van der Waals surface area contributed by atoms with Crippen molar-refractivity contribution in [2.45, 2.75) is 26.4 Å². The third-order valence-electron chi connectivity index (χ3n) is 5.20. The van der Waals surface area contributed by atoms with E-state index >= 15 is 0 Å². The van der Waals surface area contributed by atoms with Gasteiger partial charge in [-0.05, 0) is 25.5 Å². The number of rotatable bonds is 6. The third-order valence-corrected chi connectivity index (χ3v) is 5.20. The quantitative estimate of drug-likeness (QED) is 0.278. The highest BCUT2D eigenvalue weighted by molar-refractivity contribution is 6.45. The fourth-order valence-corrected chi connectivity index (χ4v) is 3.40. The molecule has 2 heterocycles. The number of nitrogens with one attached hydrogen (secondary N) is 1. The fourth-order valence-electron chi connectivity index (χ4n) is 3.40. The SMILES string of the molecule is CC1=NN(NC(=O)C(=O)c2cn(Cc3cccc([N+](=O)[O-])c3)c3ccccc23)C=NC1C. The molecule has 32 heavy (non-hydrogen) atoms. The first-order valence-electron chi connectivity index (χ1n) is 9.87. The molecule has 10 heteroatoms. The number of ketones is 1. The first-order valence-corrected chi connectivity index (χ1v) is 9.87. The lowest BCUT2D eigenvalue weighted by Gasteiger charge is -2.20. The molecule has 0 aliphatic carbocycles. The van der Waals surface area contributed by atoms with Crippen LogP contribution in [0.5, 0.6) is 0 Å². The molecule has 0 saturated heterocycles. The number of benzene rings is 2. The maximum Gasteiger partial charge on any atom is 0.312 e. The number of non-ortho nitro benzene ring substituents is 1. The van der Waals surface area contributed by atoms with Crippen LogP contribution in [-0.2, 0) is 11.3 Å². The van der Waals surface area contributed by atoms with Gasteiger partial charge in [0.25, 0.3) is 11.5 Å². The number of nitrogens with zero attached hydrogens (tertiary/aromatic N) is 5. The van der Waals surface area contributed by atoms with Gasteiger partial charge in [-0.2, -0.15) is 10.2 Å². The van der Waals surface area contributed by atoms with Gasteiger partial charge in [0, 0.05) is 35.8 Å². The van der Waals surface area contributed by atoms with E-state index in [0.717, 1.165) is 10.6 Å². The third kappa shape index (κ3) is 4.10. The average Bonchev–Trinajstić information content (AvgIpc) is 3.14. The summed E-state index contributed by atoms with van der Waals surface area (Å²) in [5.74, 6) is -1.57. The zero-order valence-electron chi connectivity index (χ0n) is 17.4. The summed E-state index contributed by atoms with van der Waals surface area (Å²) in [4.78, 5) is 40.4. The Morgan fingerprint density at radius 3 is 2.72 bits per heavy atom. The molecule has 2 aromatic carbocycles. The minimum atomic E-state index is -0.846. The number of hydrogen-bond donors (Lipinski definition) is 1. The van der Waals surface area contributed by atoms with E-state index in [4.69, 9.17) is 0 Å². The Morgan fingerprint density at radius 1 is 1.19 bits per heavy atom. The van der Waals surface area contributed by atoms with Gasteiger partial charge in [0.1, 0.15) is 6.34 Å². The van der Waals surface area contributed by atoms with Crippen molar-refractivity contribution in [1.29, 1.82) is 0 Å². The van der Waals surface area contributed by atoms with E-state index in [1.165, 1.54) is 18.5 Å². The summed E-state index contributed by atoms with van der Waals surface area (Å²) in [6.07, 6.45) is 2.95. The number of carbonyl (C=O) groups is 2. The van der Waals surface area contributed by atoms with Gasteiger partial charge in [-0.1, -0.05) is 30.3 Å². The zero-order chi connectivity index (χ0) is 22.8. The van der Waals surface area contributed by atoms with Crippen molar-refractivity contribution in [3.05, 3.63) is 76.0 Å². The molecule has 1 N–H and O–H groups in total. The zero-order valence-corrected chi connectivity index (χ0v) is 17.4. The van der Waals surface area contributed by atoms with Crippen LogP contribution in [0.2, 0.25) is 0 Å². The van der Waals surface area contributed by atoms with Gasteiger partial charge in [-0.25, -0.2) is 5.43 Å². The lowest BCUT2D eigenvalue weighted by molar-refractivity contribution is -0.384. The van der Waals surface area contributed by atoms with Crippen molar-refractivity contribution in [2.75, 3.05) is 0 Å². The molecular weight excluding hydrogens is 412 g/mol. The predicted molar refractivity (Wildman–Crippen MR) is 120 cm³/mol. The molecule has 0 fully saturated rings. The van der Waals surface area contributed by atoms with Crippen molar-refractivity contribution in [3.63, 3.8) is 0 Å². The molecule has 1 amide bonds. The summed E-state index contributed by atoms with van der Waals surface area (Å²) in [5, 5.41) is 17.0. The van der Waals surface area contributed by atoms with Gasteiger partial charge in [-0.15, -0.1) is 0 Å². The number of fused-ring (bicyclic) bond motifs is 1. The number of amides is 1. The first kappa shape index (κ1) is 20.9. The van der Waals surface area contributed by atoms with Gasteiger partial charge in [-0.3, -0.25) is 24.7 Å². The van der Waals surface area contributed by atoms with Gasteiger partial charge >= 0.3 is 5.91 Å². The van der Waals surface area contributed by atoms with Crippen LogP contribution in [0.3, 0.4) is 0 Å². The summed E-state index contributed by atoms with van der Waals surface area (Å²) in [7, 11) is 0. The second-order valence-corrected chi connectivity index (χ2v) is 7.41. The topological polar surface area (TPSA) is 122 Å². The Hall–Kier alpha value is -4.34. The van der Waals surface area contributed by atoms with Crippen molar-refractivity contribution in [2.24, 2.45) is 10.1 Å². The van der Waals surface area contributed by atoms with Gasteiger partial charge < -0.3 is 4.57 Å². The molecule has 1 aromatic heterocycles. The molecule has 1 unspecified atom stereocenters. The monoisotopic (exact) mass is 432 g/mol. The molecule has 3 aromatic rings. The largest absolute Gasteiger partial charge is 0.342 e. The van der Waals surface area contributed by atoms with Gasteiger partial charge in [0.05, 0.1) is 22.2 Å². The summed E-state index contributed by atoms with van der Waals surface area (Å²) >= 11 is 0. The number of Topliss-reactive ketones (excluding diaryl/α,β-unsaturated/α-hetero) is 1. The lowest BCUT2D eigenvalue weighted by Crippen LogP contribution is -2.44. The number of hydrazone groups is 1. The smallest absolute Gasteiger partial charge is 0.312 e. The summed E-state index contributed by atoms with van der Waals surface area (Å²) in [6, 6.07) is 13.4. The van der Waals surface area contributed by atoms with Crippen molar-refractivity contribution in [3.8, 4) is 0 Å². The molecule has 4 rings (SSSR count). The van der Waals surface area contributed by atoms with E-state index in [2.05, 4.69) is 15.5 Å². The number of aliphatic imine (C=N–C) groups is 1. The molecule has 0 spiro atoms. The van der Waals surface area contributed by atoms with E-state index in [0.29, 0.717) is 23.2 Å². The van der Waals surface area contributed by atoms with Crippen LogP contribution in [-0.4, -0.2) is 44.4 Å². The molecule has 0 radical (unpaired) electrons. The maximum absolute atomic E-state index is 13.0. The molecular formula is C22H20N6O4. The molecule has 10 nitrogen and oxygen atoms in total. The predicted octanol–water partition coefficient (Wildman–Crippen LogP) is 2.92. The van der Waals surface area contributed by atoms with Crippen LogP contribution in [0.1, 0.15) is 29.8 Å². The minimum absolute atomic E-state index is 0.0111. The summed E-state index contributed by atoms with van der Waals surface area (Å²) in [5.41, 5.74) is 4.79. The Labute approximate surface area is 183 Å². The number of nitro groups is 1. The summed E-state index contributed by atoms with van der Waals surface area (Å²) in [6.45, 7) is 3.96. The molecule has 1 aliphatic rings. The summed E-state index contributed by atoms with van der Waals surface area (Å²) < 4.78 is 1.79. The molecule has 1 atom stereocenters. The highest BCUT2D eigenvalue weighted by Gasteiger charge is 2.24. The normalized spacial score (nSPS) is 15.5. The molecule has 0 saturated carbocycles. The number of carbonyl (C=O) groups excluding carboxylic acids is 2. The number of aromatic nitrogens is 1. The highest BCUT2D eigenvalue weighted by atomic mass is 16.6. The van der Waals surface area contributed by atoms with E-state index < -0.39 is 16.6 Å². The van der Waals surface area contributed by atoms with Crippen molar-refractivity contribution < 1.29 is 14.5 Å². The molecule has 1 aliphatic heterocycles. The Kier molecular flexibility index (Phi) is 5.50. The van der Waals surface area contributed by atoms with Crippen LogP contribution >= 0.6 is 0 Å². The number of para-hydroxylation sites is 1. The Bertz CT molecular complexity index is 1290. The lowest BCUT2D eigenvalue weighted by atomic mass is 10.1. The van der Waals surface area contributed by atoms with Crippen LogP contribution < -0.4 is 5.43 Å². The highest BCUT2D eigenvalue weighted by Crippen LogP contribution is 2.24. The van der Waals surface area contributed by atoms with E-state index in [1.807, 2.05) is 19.1 Å². The standard InChI is InChI=1S/C22H20N6O4/c1-14-15(2)24-27(13-23-14)25-22(30)21(29)19-12-26(20-9-4-3-8-18(19)20)11-16-6-5-7-17(10-16)28(31)32/h3-10,12-14H,11H2,1-2H3,(H,25,30). The van der Waals surface area contributed by atoms with Crippen LogP contribution in [0, 0.1) is 10.1 Å². The number of nitro benzene ring substituents is 1. The molecule has 0 bridgehead atoms. The molecule has 162 valence electrons. The van der Waals surface area contributed by atoms with E-state index in [1.54, 1.807) is 42.0 Å². The van der Waals surface area contributed by atoms with Gasteiger partial charge in [0.15, 0.2) is 0 Å². The number of hydrogen-bond acceptors (Lipinski definition) is 7. The second-order valence-electron chi connectivity index (χ2n) is 7.41. The van der Waals surface area contributed by atoms with Crippen molar-refractivity contribution >= 4 is 40.3 Å². The Morgan fingerprint density at radius 2 is 1.97 bits per heavy atom. The Balaban J connectivity index is 1.62. The van der Waals surface area contributed by atoms with Crippen LogP contribution in [0.15, 0.2) is 64.8 Å². The minimum Gasteiger partial charge on any atom is -0.342 e. The van der Waals surface area contributed by atoms with Crippen LogP contribution in [0.25, 0.3) is 10.9 Å². The number of hydrazine groups is 1.